The minimum atomic E-state index is -0.899. The number of aliphatic carboxylic acids is 1. The van der Waals surface area contributed by atoms with E-state index in [-0.39, 0.29) is 24.5 Å². The van der Waals surface area contributed by atoms with Crippen LogP contribution in [-0.4, -0.2) is 28.6 Å². The van der Waals surface area contributed by atoms with E-state index >= 15 is 0 Å². The van der Waals surface area contributed by atoms with Crippen molar-refractivity contribution in [3.8, 4) is 0 Å². The van der Waals surface area contributed by atoms with E-state index in [4.69, 9.17) is 5.11 Å². The van der Waals surface area contributed by atoms with Crippen LogP contribution in [0.1, 0.15) is 37.5 Å². The molecule has 0 aromatic carbocycles. The van der Waals surface area contributed by atoms with E-state index in [1.54, 1.807) is 0 Å². The normalized spacial score (nSPS) is 13.8. The first-order valence-electron chi connectivity index (χ1n) is 6.50. The number of thiazole rings is 1. The monoisotopic (exact) mass is 299 g/mol. The second-order valence-electron chi connectivity index (χ2n) is 5.09. The van der Waals surface area contributed by atoms with Gasteiger partial charge < -0.3 is 15.7 Å². The molecule has 1 aromatic rings. The SMILES string of the molecule is Cc1csc(C(C)NC(=O)NCC(C(=O)O)C(C)C)n1. The number of rotatable bonds is 6. The molecule has 0 aliphatic heterocycles. The number of carbonyl (C=O) groups excluding carboxylic acids is 1. The molecule has 20 heavy (non-hydrogen) atoms. The van der Waals surface area contributed by atoms with Gasteiger partial charge in [0.15, 0.2) is 0 Å². The zero-order chi connectivity index (χ0) is 15.3. The summed E-state index contributed by atoms with van der Waals surface area (Å²) in [4.78, 5) is 27.1. The van der Waals surface area contributed by atoms with E-state index in [1.165, 1.54) is 11.3 Å². The fraction of sp³-hybridized carbons (Fsp3) is 0.615. The molecular formula is C13H21N3O3S. The molecule has 0 fully saturated rings. The number of aryl methyl sites for hydroxylation is 1. The summed E-state index contributed by atoms with van der Waals surface area (Å²) in [6, 6.07) is -0.576. The molecule has 0 bridgehead atoms. The average molecular weight is 299 g/mol. The van der Waals surface area contributed by atoms with Crippen LogP contribution >= 0.6 is 11.3 Å². The minimum absolute atomic E-state index is 0.0353. The van der Waals surface area contributed by atoms with E-state index in [0.717, 1.165) is 10.7 Å². The Hall–Kier alpha value is -1.63. The maximum atomic E-state index is 11.7. The second-order valence-corrected chi connectivity index (χ2v) is 5.98. The summed E-state index contributed by atoms with van der Waals surface area (Å²) in [7, 11) is 0. The fourth-order valence-corrected chi connectivity index (χ4v) is 2.50. The van der Waals surface area contributed by atoms with Crippen molar-refractivity contribution in [3.05, 3.63) is 16.1 Å². The molecule has 0 saturated carbocycles. The lowest BCUT2D eigenvalue weighted by atomic mass is 9.96. The molecule has 112 valence electrons. The zero-order valence-electron chi connectivity index (χ0n) is 12.1. The first kappa shape index (κ1) is 16.4. The van der Waals surface area contributed by atoms with E-state index < -0.39 is 11.9 Å². The number of carbonyl (C=O) groups is 2. The van der Waals surface area contributed by atoms with Crippen LogP contribution in [0.25, 0.3) is 0 Å². The topological polar surface area (TPSA) is 91.3 Å². The summed E-state index contributed by atoms with van der Waals surface area (Å²) >= 11 is 1.49. The maximum absolute atomic E-state index is 11.7. The van der Waals surface area contributed by atoms with Crippen LogP contribution in [0.4, 0.5) is 4.79 Å². The van der Waals surface area contributed by atoms with Crippen molar-refractivity contribution in [3.63, 3.8) is 0 Å². The molecule has 0 aliphatic rings. The molecule has 7 heteroatoms. The summed E-state index contributed by atoms with van der Waals surface area (Å²) < 4.78 is 0. The van der Waals surface area contributed by atoms with Gasteiger partial charge in [-0.25, -0.2) is 9.78 Å². The number of nitrogens with one attached hydrogen (secondary N) is 2. The van der Waals surface area contributed by atoms with Crippen molar-refractivity contribution >= 4 is 23.3 Å². The van der Waals surface area contributed by atoms with Gasteiger partial charge in [-0.05, 0) is 19.8 Å². The molecular weight excluding hydrogens is 278 g/mol. The van der Waals surface area contributed by atoms with Gasteiger partial charge in [-0.2, -0.15) is 0 Å². The highest BCUT2D eigenvalue weighted by atomic mass is 32.1. The molecule has 0 saturated heterocycles. The molecule has 3 N–H and O–H groups in total. The molecule has 2 atom stereocenters. The third kappa shape index (κ3) is 4.80. The molecule has 6 nitrogen and oxygen atoms in total. The van der Waals surface area contributed by atoms with Gasteiger partial charge in [0.05, 0.1) is 12.0 Å². The average Bonchev–Trinajstić information content (AvgIpc) is 2.75. The number of hydrogen-bond acceptors (Lipinski definition) is 4. The van der Waals surface area contributed by atoms with Crippen LogP contribution in [0.15, 0.2) is 5.38 Å². The summed E-state index contributed by atoms with van der Waals surface area (Å²) in [6.45, 7) is 7.49. The van der Waals surface area contributed by atoms with Crippen molar-refractivity contribution in [2.45, 2.75) is 33.7 Å². The smallest absolute Gasteiger partial charge is 0.315 e. The predicted molar refractivity (Wildman–Crippen MR) is 77.8 cm³/mol. The third-order valence-corrected chi connectivity index (χ3v) is 4.10. The van der Waals surface area contributed by atoms with E-state index in [2.05, 4.69) is 15.6 Å². The summed E-state index contributed by atoms with van der Waals surface area (Å²) in [6.07, 6.45) is 0. The van der Waals surface area contributed by atoms with Gasteiger partial charge in [0.2, 0.25) is 0 Å². The molecule has 2 unspecified atom stereocenters. The zero-order valence-corrected chi connectivity index (χ0v) is 13.0. The van der Waals surface area contributed by atoms with Crippen molar-refractivity contribution in [1.82, 2.24) is 15.6 Å². The van der Waals surface area contributed by atoms with Crippen LogP contribution in [0.2, 0.25) is 0 Å². The molecule has 0 aliphatic carbocycles. The van der Waals surface area contributed by atoms with Crippen LogP contribution in [-0.2, 0) is 4.79 Å². The Bertz CT molecular complexity index is 473. The number of amides is 2. The first-order chi connectivity index (χ1) is 9.31. The number of aromatic nitrogens is 1. The van der Waals surface area contributed by atoms with Crippen molar-refractivity contribution < 1.29 is 14.7 Å². The summed E-state index contributed by atoms with van der Waals surface area (Å²) in [5.74, 6) is -1.52. The van der Waals surface area contributed by atoms with E-state index in [0.29, 0.717) is 0 Å². The van der Waals surface area contributed by atoms with Gasteiger partial charge in [-0.15, -0.1) is 11.3 Å². The number of carboxylic acid groups (broad SMARTS) is 1. The van der Waals surface area contributed by atoms with Gasteiger partial charge in [0, 0.05) is 17.6 Å². The summed E-state index contributed by atoms with van der Waals surface area (Å²) in [5, 5.41) is 17.1. The van der Waals surface area contributed by atoms with Gasteiger partial charge in [-0.3, -0.25) is 4.79 Å². The highest BCUT2D eigenvalue weighted by Gasteiger charge is 2.22. The predicted octanol–water partition coefficient (Wildman–Crippen LogP) is 2.17. The molecule has 0 spiro atoms. The molecule has 1 aromatic heterocycles. The maximum Gasteiger partial charge on any atom is 0.315 e. The Morgan fingerprint density at radius 1 is 1.40 bits per heavy atom. The van der Waals surface area contributed by atoms with Crippen molar-refractivity contribution in [1.29, 1.82) is 0 Å². The number of nitrogens with zero attached hydrogens (tertiary/aromatic N) is 1. The highest BCUT2D eigenvalue weighted by molar-refractivity contribution is 7.09. The Morgan fingerprint density at radius 2 is 2.05 bits per heavy atom. The van der Waals surface area contributed by atoms with Crippen LogP contribution < -0.4 is 10.6 Å². The first-order valence-corrected chi connectivity index (χ1v) is 7.38. The Labute approximate surface area is 122 Å². The van der Waals surface area contributed by atoms with E-state index in [9.17, 15) is 9.59 Å². The van der Waals surface area contributed by atoms with Crippen LogP contribution in [0.3, 0.4) is 0 Å². The number of carboxylic acids is 1. The van der Waals surface area contributed by atoms with Gasteiger partial charge >= 0.3 is 12.0 Å². The minimum Gasteiger partial charge on any atom is -0.481 e. The molecule has 2 amide bonds. The van der Waals surface area contributed by atoms with E-state index in [1.807, 2.05) is 33.1 Å². The summed E-state index contributed by atoms with van der Waals surface area (Å²) in [5.41, 5.74) is 0.921. The lowest BCUT2D eigenvalue weighted by Gasteiger charge is -2.18. The number of hydrogen-bond donors (Lipinski definition) is 3. The second kappa shape index (κ2) is 7.23. The van der Waals surface area contributed by atoms with Gasteiger partial charge in [0.1, 0.15) is 5.01 Å². The van der Waals surface area contributed by atoms with Crippen molar-refractivity contribution in [2.75, 3.05) is 6.54 Å². The Morgan fingerprint density at radius 3 is 2.50 bits per heavy atom. The van der Waals surface area contributed by atoms with Gasteiger partial charge in [0.25, 0.3) is 0 Å². The Balaban J connectivity index is 2.45. The lowest BCUT2D eigenvalue weighted by Crippen LogP contribution is -2.42. The molecule has 1 heterocycles. The largest absolute Gasteiger partial charge is 0.481 e. The quantitative estimate of drug-likeness (QED) is 0.750. The van der Waals surface area contributed by atoms with Crippen molar-refractivity contribution in [2.24, 2.45) is 11.8 Å². The van der Waals surface area contributed by atoms with Crippen LogP contribution in [0, 0.1) is 18.8 Å². The lowest BCUT2D eigenvalue weighted by molar-refractivity contribution is -0.142. The van der Waals surface area contributed by atoms with Crippen LogP contribution in [0.5, 0.6) is 0 Å². The molecule has 1 rings (SSSR count). The highest BCUT2D eigenvalue weighted by Crippen LogP contribution is 2.17. The van der Waals surface area contributed by atoms with Gasteiger partial charge in [-0.1, -0.05) is 13.8 Å². The third-order valence-electron chi connectivity index (χ3n) is 2.96. The molecule has 0 radical (unpaired) electrons. The number of urea groups is 1. The standard InChI is InChI=1S/C13H21N3O3S/c1-7(2)10(12(17)18)5-14-13(19)16-9(4)11-15-8(3)6-20-11/h6-7,9-10H,5H2,1-4H3,(H,17,18)(H2,14,16,19). The fourth-order valence-electron chi connectivity index (χ4n) is 1.69. The Kier molecular flexibility index (Phi) is 5.94.